The largest absolute Gasteiger partial charge is 0.380 e. The summed E-state index contributed by atoms with van der Waals surface area (Å²) in [7, 11) is -1.83. The van der Waals surface area contributed by atoms with Crippen molar-refractivity contribution in [1.82, 2.24) is 0 Å². The maximum absolute atomic E-state index is 12.4. The van der Waals surface area contributed by atoms with Gasteiger partial charge in [0.05, 0.1) is 22.1 Å². The molecule has 5 nitrogen and oxygen atoms in total. The van der Waals surface area contributed by atoms with Crippen LogP contribution in [-0.4, -0.2) is 27.7 Å². The lowest BCUT2D eigenvalue weighted by molar-refractivity contribution is 0.102. The van der Waals surface area contributed by atoms with Crippen molar-refractivity contribution in [1.29, 1.82) is 0 Å². The second kappa shape index (κ2) is 7.12. The van der Waals surface area contributed by atoms with E-state index in [-0.39, 0.29) is 15.5 Å². The van der Waals surface area contributed by atoms with Crippen LogP contribution in [0.3, 0.4) is 0 Å². The summed E-state index contributed by atoms with van der Waals surface area (Å²) in [6.07, 6.45) is 1.08. The molecule has 0 saturated heterocycles. The number of carbonyl (C=O) groups excluding carboxylic acids is 1. The van der Waals surface area contributed by atoms with Crippen LogP contribution in [0.4, 0.5) is 5.69 Å². The quantitative estimate of drug-likeness (QED) is 0.896. The molecule has 0 aliphatic heterocycles. The highest BCUT2D eigenvalue weighted by atomic mass is 35.5. The molecule has 1 amide bonds. The Morgan fingerprint density at radius 2 is 1.96 bits per heavy atom. The van der Waals surface area contributed by atoms with E-state index in [1.54, 1.807) is 25.3 Å². The molecule has 122 valence electrons. The fourth-order valence-electron chi connectivity index (χ4n) is 2.01. The van der Waals surface area contributed by atoms with E-state index in [1.807, 2.05) is 6.07 Å². The Balaban J connectivity index is 2.29. The minimum atomic E-state index is -3.42. The number of rotatable bonds is 5. The number of ether oxygens (including phenoxy) is 1. The zero-order valence-corrected chi connectivity index (χ0v) is 14.2. The van der Waals surface area contributed by atoms with E-state index in [0.29, 0.717) is 12.3 Å². The molecule has 0 spiro atoms. The predicted octanol–water partition coefficient (Wildman–Crippen LogP) is 3.14. The van der Waals surface area contributed by atoms with Crippen LogP contribution in [-0.2, 0) is 21.2 Å². The number of hydrogen-bond acceptors (Lipinski definition) is 4. The van der Waals surface area contributed by atoms with Gasteiger partial charge in [0.25, 0.3) is 5.91 Å². The van der Waals surface area contributed by atoms with Crippen molar-refractivity contribution in [2.24, 2.45) is 0 Å². The van der Waals surface area contributed by atoms with E-state index in [9.17, 15) is 13.2 Å². The van der Waals surface area contributed by atoms with E-state index in [4.69, 9.17) is 16.3 Å². The van der Waals surface area contributed by atoms with Crippen molar-refractivity contribution in [2.45, 2.75) is 11.5 Å². The molecule has 0 fully saturated rings. The highest BCUT2D eigenvalue weighted by molar-refractivity contribution is 7.90. The number of anilines is 1. The summed E-state index contributed by atoms with van der Waals surface area (Å²) in [4.78, 5) is 12.4. The lowest BCUT2D eigenvalue weighted by Gasteiger charge is -2.09. The summed E-state index contributed by atoms with van der Waals surface area (Å²) in [5.74, 6) is -0.477. The normalized spacial score (nSPS) is 11.3. The third-order valence-electron chi connectivity index (χ3n) is 3.11. The van der Waals surface area contributed by atoms with E-state index in [0.717, 1.165) is 11.8 Å². The molecule has 0 saturated carbocycles. The molecule has 2 aromatic carbocycles. The van der Waals surface area contributed by atoms with Gasteiger partial charge >= 0.3 is 0 Å². The number of sulfone groups is 1. The van der Waals surface area contributed by atoms with E-state index in [2.05, 4.69) is 5.32 Å². The maximum Gasteiger partial charge on any atom is 0.257 e. The molecule has 23 heavy (non-hydrogen) atoms. The molecular formula is C16H16ClNO4S. The van der Waals surface area contributed by atoms with Gasteiger partial charge in [-0.05, 0) is 35.9 Å². The van der Waals surface area contributed by atoms with Crippen LogP contribution in [0.2, 0.25) is 5.02 Å². The monoisotopic (exact) mass is 353 g/mol. The number of carbonyl (C=O) groups is 1. The summed E-state index contributed by atoms with van der Waals surface area (Å²) in [6, 6.07) is 11.2. The van der Waals surface area contributed by atoms with E-state index >= 15 is 0 Å². The first-order valence-electron chi connectivity index (χ1n) is 6.70. The Hall–Kier alpha value is -1.89. The first-order valence-corrected chi connectivity index (χ1v) is 8.97. The number of halogens is 1. The van der Waals surface area contributed by atoms with Gasteiger partial charge in [0.1, 0.15) is 0 Å². The Morgan fingerprint density at radius 3 is 2.61 bits per heavy atom. The molecule has 0 aromatic heterocycles. The van der Waals surface area contributed by atoms with Gasteiger partial charge in [-0.15, -0.1) is 0 Å². The molecule has 2 aromatic rings. The minimum Gasteiger partial charge on any atom is -0.380 e. The van der Waals surface area contributed by atoms with Crippen molar-refractivity contribution in [3.8, 4) is 0 Å². The molecular weight excluding hydrogens is 338 g/mol. The predicted molar refractivity (Wildman–Crippen MR) is 89.7 cm³/mol. The maximum atomic E-state index is 12.4. The Labute approximate surface area is 140 Å². The van der Waals surface area contributed by atoms with Gasteiger partial charge in [-0.2, -0.15) is 0 Å². The third-order valence-corrected chi connectivity index (χ3v) is 4.55. The first kappa shape index (κ1) is 17.5. The molecule has 0 atom stereocenters. The molecule has 1 N–H and O–H groups in total. The first-order chi connectivity index (χ1) is 10.8. The lowest BCUT2D eigenvalue weighted by atomic mass is 10.2. The molecule has 0 aliphatic rings. The highest BCUT2D eigenvalue weighted by Gasteiger charge is 2.15. The Morgan fingerprint density at radius 1 is 1.22 bits per heavy atom. The van der Waals surface area contributed by atoms with Crippen molar-refractivity contribution < 1.29 is 17.9 Å². The van der Waals surface area contributed by atoms with Crippen molar-refractivity contribution in [2.75, 3.05) is 18.7 Å². The van der Waals surface area contributed by atoms with Crippen LogP contribution < -0.4 is 5.32 Å². The highest BCUT2D eigenvalue weighted by Crippen LogP contribution is 2.22. The third kappa shape index (κ3) is 4.54. The fourth-order valence-corrected chi connectivity index (χ4v) is 2.86. The second-order valence-electron chi connectivity index (χ2n) is 5.00. The van der Waals surface area contributed by atoms with Crippen LogP contribution in [0, 0.1) is 0 Å². The zero-order chi connectivity index (χ0) is 17.0. The van der Waals surface area contributed by atoms with Gasteiger partial charge < -0.3 is 10.1 Å². The lowest BCUT2D eigenvalue weighted by Crippen LogP contribution is -2.13. The van der Waals surface area contributed by atoms with Gasteiger partial charge in [-0.25, -0.2) is 8.42 Å². The zero-order valence-electron chi connectivity index (χ0n) is 12.7. The number of benzene rings is 2. The molecule has 0 bridgehead atoms. The van der Waals surface area contributed by atoms with Crippen LogP contribution in [0.15, 0.2) is 47.4 Å². The van der Waals surface area contributed by atoms with Crippen LogP contribution in [0.1, 0.15) is 15.9 Å². The number of amides is 1. The molecule has 0 heterocycles. The molecule has 0 unspecified atom stereocenters. The topological polar surface area (TPSA) is 72.5 Å². The number of methoxy groups -OCH3 is 1. The van der Waals surface area contributed by atoms with Crippen LogP contribution >= 0.6 is 11.6 Å². The van der Waals surface area contributed by atoms with Gasteiger partial charge in [0.2, 0.25) is 0 Å². The SMILES string of the molecule is COCc1cccc(NC(=O)c2cc(S(C)(=O)=O)ccc2Cl)c1. The van der Waals surface area contributed by atoms with Gasteiger partial charge in [0.15, 0.2) is 9.84 Å². The fraction of sp³-hybridized carbons (Fsp3) is 0.188. The summed E-state index contributed by atoms with van der Waals surface area (Å²) >= 11 is 6.01. The smallest absolute Gasteiger partial charge is 0.257 e. The molecule has 7 heteroatoms. The summed E-state index contributed by atoms with van der Waals surface area (Å²) in [5, 5.41) is 2.89. The average Bonchev–Trinajstić information content (AvgIpc) is 2.47. The number of nitrogens with one attached hydrogen (secondary N) is 1. The number of hydrogen-bond donors (Lipinski definition) is 1. The summed E-state index contributed by atoms with van der Waals surface area (Å²) < 4.78 is 28.3. The van der Waals surface area contributed by atoms with Crippen molar-refractivity contribution in [3.05, 3.63) is 58.6 Å². The average molecular weight is 354 g/mol. The van der Waals surface area contributed by atoms with Crippen molar-refractivity contribution in [3.63, 3.8) is 0 Å². The van der Waals surface area contributed by atoms with Gasteiger partial charge in [-0.3, -0.25) is 4.79 Å². The van der Waals surface area contributed by atoms with Gasteiger partial charge in [0, 0.05) is 19.1 Å². The Bertz CT molecular complexity index is 834. The van der Waals surface area contributed by atoms with Crippen molar-refractivity contribution >= 4 is 33.0 Å². The van der Waals surface area contributed by atoms with E-state index in [1.165, 1.54) is 18.2 Å². The molecule has 0 radical (unpaired) electrons. The van der Waals surface area contributed by atoms with E-state index < -0.39 is 15.7 Å². The summed E-state index contributed by atoms with van der Waals surface area (Å²) in [6.45, 7) is 0.425. The van der Waals surface area contributed by atoms with Crippen LogP contribution in [0.5, 0.6) is 0 Å². The standard InChI is InChI=1S/C16H16ClNO4S/c1-22-10-11-4-3-5-12(8-11)18-16(19)14-9-13(23(2,20)21)6-7-15(14)17/h3-9H,10H2,1-2H3,(H,18,19). The van der Waals surface area contributed by atoms with Crippen LogP contribution in [0.25, 0.3) is 0 Å². The second-order valence-corrected chi connectivity index (χ2v) is 7.42. The molecule has 2 rings (SSSR count). The van der Waals surface area contributed by atoms with Gasteiger partial charge in [-0.1, -0.05) is 23.7 Å². The minimum absolute atomic E-state index is 0.0418. The summed E-state index contributed by atoms with van der Waals surface area (Å²) in [5.41, 5.74) is 1.58. The molecule has 0 aliphatic carbocycles. The Kier molecular flexibility index (Phi) is 5.41.